The third-order valence-electron chi connectivity index (χ3n) is 3.04. The zero-order chi connectivity index (χ0) is 13.3. The van der Waals surface area contributed by atoms with E-state index in [0.29, 0.717) is 6.54 Å². The number of hydrogen-bond donors (Lipinski definition) is 2. The van der Waals surface area contributed by atoms with Crippen molar-refractivity contribution in [3.63, 3.8) is 0 Å². The number of anilines is 2. The summed E-state index contributed by atoms with van der Waals surface area (Å²) in [7, 11) is 3.48. The van der Waals surface area contributed by atoms with Gasteiger partial charge in [0.15, 0.2) is 0 Å². The van der Waals surface area contributed by atoms with E-state index in [1.54, 1.807) is 7.05 Å². The zero-order valence-corrected chi connectivity index (χ0v) is 10.3. The van der Waals surface area contributed by atoms with E-state index in [-0.39, 0.29) is 5.91 Å². The second kappa shape index (κ2) is 4.56. The summed E-state index contributed by atoms with van der Waals surface area (Å²) >= 11 is 0. The molecule has 0 aromatic heterocycles. The van der Waals surface area contributed by atoms with Crippen LogP contribution in [-0.4, -0.2) is 43.8 Å². The average Bonchev–Trinajstić information content (AvgIpc) is 2.42. The summed E-state index contributed by atoms with van der Waals surface area (Å²) in [5, 5.41) is 11.0. The molecule has 0 saturated carbocycles. The maximum atomic E-state index is 12.2. The third-order valence-corrected chi connectivity index (χ3v) is 3.04. The van der Waals surface area contributed by atoms with E-state index in [4.69, 9.17) is 5.11 Å². The lowest BCUT2D eigenvalue weighted by molar-refractivity contribution is -0.119. The Bertz CT molecular complexity index is 489. The van der Waals surface area contributed by atoms with E-state index in [9.17, 15) is 9.59 Å². The predicted octanol–water partition coefficient (Wildman–Crippen LogP) is 0.735. The molecule has 0 bridgehead atoms. The van der Waals surface area contributed by atoms with Crippen molar-refractivity contribution in [2.45, 2.75) is 6.04 Å². The molecule has 1 aliphatic heterocycles. The van der Waals surface area contributed by atoms with Gasteiger partial charge in [0.05, 0.1) is 11.4 Å². The summed E-state index contributed by atoms with van der Waals surface area (Å²) in [6.45, 7) is 0.312. The fourth-order valence-electron chi connectivity index (χ4n) is 2.13. The maximum Gasteiger partial charge on any atom is 0.405 e. The van der Waals surface area contributed by atoms with Gasteiger partial charge >= 0.3 is 6.09 Å². The van der Waals surface area contributed by atoms with E-state index in [1.807, 2.05) is 36.2 Å². The van der Waals surface area contributed by atoms with Gasteiger partial charge in [-0.15, -0.1) is 0 Å². The van der Waals surface area contributed by atoms with Crippen LogP contribution >= 0.6 is 0 Å². The molecule has 2 rings (SSSR count). The molecule has 1 aliphatic rings. The van der Waals surface area contributed by atoms with Gasteiger partial charge < -0.3 is 20.2 Å². The van der Waals surface area contributed by atoms with Crippen LogP contribution in [0.5, 0.6) is 0 Å². The first-order valence-corrected chi connectivity index (χ1v) is 5.58. The number of carbonyl (C=O) groups excluding carboxylic acids is 1. The molecule has 0 radical (unpaired) electrons. The number of nitrogens with one attached hydrogen (secondary N) is 1. The van der Waals surface area contributed by atoms with E-state index < -0.39 is 12.1 Å². The van der Waals surface area contributed by atoms with Crippen LogP contribution < -0.4 is 15.1 Å². The Kier molecular flexibility index (Phi) is 3.10. The fourth-order valence-corrected chi connectivity index (χ4v) is 2.13. The van der Waals surface area contributed by atoms with Crippen molar-refractivity contribution in [1.29, 1.82) is 0 Å². The Morgan fingerprint density at radius 3 is 2.56 bits per heavy atom. The van der Waals surface area contributed by atoms with Crippen molar-refractivity contribution >= 4 is 23.4 Å². The van der Waals surface area contributed by atoms with Crippen LogP contribution in [0.3, 0.4) is 0 Å². The quantitative estimate of drug-likeness (QED) is 0.769. The molecule has 2 N–H and O–H groups in total. The Morgan fingerprint density at radius 2 is 1.94 bits per heavy atom. The molecule has 1 atom stereocenters. The fraction of sp³-hybridized carbons (Fsp3) is 0.333. The van der Waals surface area contributed by atoms with Gasteiger partial charge in [-0.25, -0.2) is 4.79 Å². The molecule has 1 aromatic carbocycles. The summed E-state index contributed by atoms with van der Waals surface area (Å²) < 4.78 is 0. The number of carbonyl (C=O) groups is 2. The molecule has 1 heterocycles. The number of benzene rings is 1. The molecule has 1 unspecified atom stereocenters. The molecule has 0 spiro atoms. The van der Waals surface area contributed by atoms with Gasteiger partial charge in [0.25, 0.3) is 5.91 Å². The minimum Gasteiger partial charge on any atom is -0.465 e. The Morgan fingerprint density at radius 1 is 1.33 bits per heavy atom. The molecule has 1 aromatic rings. The van der Waals surface area contributed by atoms with Crippen LogP contribution in [0.4, 0.5) is 16.2 Å². The van der Waals surface area contributed by atoms with Crippen LogP contribution in [0, 0.1) is 0 Å². The Balaban J connectivity index is 2.38. The van der Waals surface area contributed by atoms with Crippen molar-refractivity contribution in [1.82, 2.24) is 5.32 Å². The monoisotopic (exact) mass is 249 g/mol. The zero-order valence-electron chi connectivity index (χ0n) is 10.3. The van der Waals surface area contributed by atoms with Crippen LogP contribution in [-0.2, 0) is 4.79 Å². The second-order valence-electron chi connectivity index (χ2n) is 4.27. The Hall–Kier alpha value is -2.24. The molecule has 18 heavy (non-hydrogen) atoms. The molecule has 0 fully saturated rings. The maximum absolute atomic E-state index is 12.2. The van der Waals surface area contributed by atoms with Gasteiger partial charge in [-0.2, -0.15) is 0 Å². The largest absolute Gasteiger partial charge is 0.465 e. The minimum atomic E-state index is -1.19. The van der Waals surface area contributed by atoms with E-state index in [2.05, 4.69) is 5.32 Å². The first-order valence-electron chi connectivity index (χ1n) is 5.58. The molecule has 96 valence electrons. The summed E-state index contributed by atoms with van der Waals surface area (Å²) in [5.41, 5.74) is 1.68. The smallest absolute Gasteiger partial charge is 0.405 e. The van der Waals surface area contributed by atoms with E-state index in [0.717, 1.165) is 11.4 Å². The van der Waals surface area contributed by atoms with E-state index in [1.165, 1.54) is 4.90 Å². The summed E-state index contributed by atoms with van der Waals surface area (Å²) in [6.07, 6.45) is -1.19. The Labute approximate surface area is 105 Å². The average molecular weight is 249 g/mol. The van der Waals surface area contributed by atoms with Gasteiger partial charge in [-0.1, -0.05) is 12.1 Å². The lowest BCUT2D eigenvalue weighted by Crippen LogP contribution is -2.50. The van der Waals surface area contributed by atoms with Gasteiger partial charge in [-0.05, 0) is 12.1 Å². The topological polar surface area (TPSA) is 72.9 Å². The number of amides is 2. The third kappa shape index (κ3) is 2.09. The van der Waals surface area contributed by atoms with Crippen LogP contribution in [0.15, 0.2) is 24.3 Å². The van der Waals surface area contributed by atoms with Crippen molar-refractivity contribution in [2.24, 2.45) is 0 Å². The lowest BCUT2D eigenvalue weighted by Gasteiger charge is -2.21. The standard InChI is InChI=1S/C12H15N3O3/c1-14-7-8(13-12(17)18)11(16)15(2)10-6-4-3-5-9(10)14/h3-6,8,13H,7H2,1-2H3,(H,17,18). The lowest BCUT2D eigenvalue weighted by atomic mass is 10.2. The molecule has 6 nitrogen and oxygen atoms in total. The van der Waals surface area contributed by atoms with Crippen molar-refractivity contribution in [3.05, 3.63) is 24.3 Å². The SMILES string of the molecule is CN1CC(NC(=O)O)C(=O)N(C)c2ccccc21. The van der Waals surface area contributed by atoms with Gasteiger partial charge in [0, 0.05) is 20.6 Å². The molecule has 2 amide bonds. The molecular weight excluding hydrogens is 234 g/mol. The number of likely N-dealkylation sites (N-methyl/N-ethyl adjacent to an activating group) is 2. The number of nitrogens with zero attached hydrogens (tertiary/aromatic N) is 2. The van der Waals surface area contributed by atoms with Gasteiger partial charge in [-0.3, -0.25) is 4.79 Å². The highest BCUT2D eigenvalue weighted by Gasteiger charge is 2.31. The number of rotatable bonds is 1. The molecule has 0 saturated heterocycles. The van der Waals surface area contributed by atoms with Gasteiger partial charge in [0.2, 0.25) is 0 Å². The number of para-hydroxylation sites is 2. The predicted molar refractivity (Wildman–Crippen MR) is 68.1 cm³/mol. The van der Waals surface area contributed by atoms with Crippen molar-refractivity contribution < 1.29 is 14.7 Å². The van der Waals surface area contributed by atoms with E-state index >= 15 is 0 Å². The number of carboxylic acid groups (broad SMARTS) is 1. The summed E-state index contributed by atoms with van der Waals surface area (Å²) in [4.78, 5) is 26.2. The highest BCUT2D eigenvalue weighted by molar-refractivity contribution is 6.02. The normalized spacial score (nSPS) is 19.2. The highest BCUT2D eigenvalue weighted by Crippen LogP contribution is 2.30. The number of hydrogen-bond acceptors (Lipinski definition) is 3. The van der Waals surface area contributed by atoms with Crippen molar-refractivity contribution in [2.75, 3.05) is 30.4 Å². The first-order chi connectivity index (χ1) is 8.50. The molecule has 0 aliphatic carbocycles. The number of fused-ring (bicyclic) bond motifs is 1. The molecule has 6 heteroatoms. The summed E-state index contributed by atoms with van der Waals surface area (Å²) in [6, 6.07) is 6.72. The van der Waals surface area contributed by atoms with Crippen molar-refractivity contribution in [3.8, 4) is 0 Å². The highest BCUT2D eigenvalue weighted by atomic mass is 16.4. The van der Waals surface area contributed by atoms with Crippen LogP contribution in [0.2, 0.25) is 0 Å². The molecular formula is C12H15N3O3. The van der Waals surface area contributed by atoms with Gasteiger partial charge in [0.1, 0.15) is 6.04 Å². The first kappa shape index (κ1) is 12.2. The van der Waals surface area contributed by atoms with Crippen LogP contribution in [0.25, 0.3) is 0 Å². The minimum absolute atomic E-state index is 0.255. The summed E-state index contributed by atoms with van der Waals surface area (Å²) in [5.74, 6) is -0.255. The second-order valence-corrected chi connectivity index (χ2v) is 4.27. The van der Waals surface area contributed by atoms with Crippen LogP contribution in [0.1, 0.15) is 0 Å².